The van der Waals surface area contributed by atoms with E-state index in [0.29, 0.717) is 0 Å². The van der Waals surface area contributed by atoms with E-state index < -0.39 is 17.6 Å². The maximum absolute atomic E-state index is 11.7. The summed E-state index contributed by atoms with van der Waals surface area (Å²) in [6.45, 7) is 5.35. The van der Waals surface area contributed by atoms with E-state index in [0.717, 1.165) is 28.0 Å². The zero-order valence-electron chi connectivity index (χ0n) is 15.2. The first kappa shape index (κ1) is 19.4. The van der Waals surface area contributed by atoms with Crippen LogP contribution in [-0.4, -0.2) is 33.7 Å². The van der Waals surface area contributed by atoms with E-state index in [1.54, 1.807) is 26.7 Å². The molecule has 0 aliphatic rings. The monoisotopic (exact) mass is 353 g/mol. The van der Waals surface area contributed by atoms with Crippen molar-refractivity contribution in [3.05, 3.63) is 66.4 Å². The Labute approximate surface area is 153 Å². The molecule has 0 aliphatic heterocycles. The van der Waals surface area contributed by atoms with Gasteiger partial charge in [0.25, 0.3) is 0 Å². The Morgan fingerprint density at radius 1 is 1.12 bits per heavy atom. The highest BCUT2D eigenvalue weighted by Crippen LogP contribution is 2.21. The average Bonchev–Trinajstić information content (AvgIpc) is 2.59. The molecule has 136 valence electrons. The third-order valence-corrected chi connectivity index (χ3v) is 3.64. The first-order chi connectivity index (χ1) is 12.3. The molecule has 0 radical (unpaired) electrons. The number of hydrogen-bond donors (Lipinski definition) is 1. The molecule has 0 aliphatic carbocycles. The van der Waals surface area contributed by atoms with Gasteiger partial charge in [-0.05, 0) is 37.5 Å². The number of carboxylic acids is 1. The van der Waals surface area contributed by atoms with Crippen LogP contribution in [0, 0.1) is 0 Å². The summed E-state index contributed by atoms with van der Waals surface area (Å²) in [4.78, 5) is 28.1. The van der Waals surface area contributed by atoms with Gasteiger partial charge in [-0.2, -0.15) is 0 Å². The summed E-state index contributed by atoms with van der Waals surface area (Å²) in [5, 5.41) is 10.7. The van der Waals surface area contributed by atoms with E-state index in [1.165, 1.54) is 0 Å². The summed E-state index contributed by atoms with van der Waals surface area (Å²) in [5.41, 5.74) is 2.34. The van der Waals surface area contributed by atoms with Crippen molar-refractivity contribution in [2.45, 2.75) is 38.8 Å². The van der Waals surface area contributed by atoms with Crippen LogP contribution in [0.3, 0.4) is 0 Å². The predicted molar refractivity (Wildman–Crippen MR) is 99.9 cm³/mol. The second kappa shape index (κ2) is 8.48. The number of carbonyl (C=O) groups is 1. The molecule has 0 aromatic heterocycles. The molecule has 2 rings (SSSR count). The fourth-order valence-corrected chi connectivity index (χ4v) is 2.52. The van der Waals surface area contributed by atoms with Crippen molar-refractivity contribution in [2.75, 3.05) is 0 Å². The lowest BCUT2D eigenvalue weighted by molar-refractivity contribution is -0.222. The number of rotatable bonds is 7. The summed E-state index contributed by atoms with van der Waals surface area (Å²) in [6, 6.07) is 16.6. The Morgan fingerprint density at radius 2 is 1.69 bits per heavy atom. The van der Waals surface area contributed by atoms with Crippen LogP contribution >= 0.6 is 0 Å². The first-order valence-electron chi connectivity index (χ1n) is 8.36. The molecule has 26 heavy (non-hydrogen) atoms. The average molecular weight is 353 g/mol. The molecule has 2 aromatic rings. The van der Waals surface area contributed by atoms with Crippen molar-refractivity contribution in [3.63, 3.8) is 0 Å². The lowest BCUT2D eigenvalue weighted by atomic mass is 10.0. The highest BCUT2D eigenvalue weighted by atomic mass is 16.7. The van der Waals surface area contributed by atoms with Crippen molar-refractivity contribution in [1.82, 2.24) is 5.06 Å². The number of hydrogen-bond acceptors (Lipinski definition) is 4. The second-order valence-electron chi connectivity index (χ2n) is 6.93. The molecule has 0 spiro atoms. The van der Waals surface area contributed by atoms with Gasteiger partial charge in [0.2, 0.25) is 0 Å². The highest BCUT2D eigenvalue weighted by molar-refractivity contribution is 5.74. The number of carbonyl (C=O) groups excluding carboxylic acids is 1. The number of benzene rings is 2. The van der Waals surface area contributed by atoms with Crippen LogP contribution in [0.2, 0.25) is 0 Å². The minimum atomic E-state index is -1.08. The lowest BCUT2D eigenvalue weighted by Gasteiger charge is -2.32. The van der Waals surface area contributed by atoms with E-state index in [-0.39, 0.29) is 6.42 Å². The summed E-state index contributed by atoms with van der Waals surface area (Å²) < 4.78 is 0. The molecular weight excluding hydrogens is 330 g/mol. The van der Waals surface area contributed by atoms with Crippen LogP contribution in [0.1, 0.15) is 26.3 Å². The summed E-state index contributed by atoms with van der Waals surface area (Å²) >= 11 is 0. The van der Waals surface area contributed by atoms with Gasteiger partial charge >= 0.3 is 5.97 Å². The van der Waals surface area contributed by atoms with Gasteiger partial charge in [0.1, 0.15) is 12.1 Å². The zero-order chi connectivity index (χ0) is 19.2. The first-order valence-corrected chi connectivity index (χ1v) is 8.36. The van der Waals surface area contributed by atoms with Crippen LogP contribution in [0.4, 0.5) is 0 Å². The Kier molecular flexibility index (Phi) is 6.34. The predicted octanol–water partition coefficient (Wildman–Crippen LogP) is 3.73. The number of aliphatic carboxylic acids is 1. The largest absolute Gasteiger partial charge is 0.480 e. The Balaban J connectivity index is 2.21. The summed E-state index contributed by atoms with van der Waals surface area (Å²) in [7, 11) is 0. The molecule has 0 amide bonds. The van der Waals surface area contributed by atoms with Crippen molar-refractivity contribution in [3.8, 4) is 11.1 Å². The standard InChI is InChI=1S/C21H23NO4/c1-21(2,3)26-22(13-14-23)19(20(24)25)15-16-9-11-18(12-10-16)17-7-5-4-6-8-17/h4-13,19H,15H2,1-3H3,(H,24,25)/t19-/m1/s1. The van der Waals surface area contributed by atoms with Gasteiger partial charge in [-0.25, -0.2) is 14.7 Å². The maximum Gasteiger partial charge on any atom is 0.329 e. The molecule has 0 fully saturated rings. The van der Waals surface area contributed by atoms with E-state index in [4.69, 9.17) is 4.84 Å². The molecule has 1 N–H and O–H groups in total. The van der Waals surface area contributed by atoms with E-state index in [1.807, 2.05) is 54.6 Å². The van der Waals surface area contributed by atoms with Gasteiger partial charge < -0.3 is 5.11 Å². The van der Waals surface area contributed by atoms with E-state index >= 15 is 0 Å². The van der Waals surface area contributed by atoms with Crippen LogP contribution in [0.15, 0.2) is 60.8 Å². The molecule has 0 heterocycles. The van der Waals surface area contributed by atoms with Gasteiger partial charge in [-0.15, -0.1) is 0 Å². The van der Waals surface area contributed by atoms with Crippen molar-refractivity contribution in [2.24, 2.45) is 0 Å². The maximum atomic E-state index is 11.7. The Bertz CT molecular complexity index is 772. The zero-order valence-corrected chi connectivity index (χ0v) is 15.2. The fourth-order valence-electron chi connectivity index (χ4n) is 2.52. The minimum Gasteiger partial charge on any atom is -0.480 e. The second-order valence-corrected chi connectivity index (χ2v) is 6.93. The highest BCUT2D eigenvalue weighted by Gasteiger charge is 2.28. The Hall–Kier alpha value is -2.88. The van der Waals surface area contributed by atoms with Gasteiger partial charge in [0.05, 0.1) is 5.60 Å². The molecule has 2 aromatic carbocycles. The lowest BCUT2D eigenvalue weighted by Crippen LogP contribution is -2.43. The molecule has 0 unspecified atom stereocenters. The molecule has 0 saturated heterocycles. The minimum absolute atomic E-state index is 0.193. The van der Waals surface area contributed by atoms with Crippen LogP contribution in [0.5, 0.6) is 0 Å². The molecular formula is C21H23NO4. The number of nitrogens with zero attached hydrogens (tertiary/aromatic N) is 1. The van der Waals surface area contributed by atoms with Crippen LogP contribution in [0.25, 0.3) is 11.1 Å². The van der Waals surface area contributed by atoms with Crippen LogP contribution in [-0.2, 0) is 20.8 Å². The molecule has 0 saturated carbocycles. The van der Waals surface area contributed by atoms with Crippen molar-refractivity contribution >= 4 is 11.9 Å². The van der Waals surface area contributed by atoms with Gasteiger partial charge in [0.15, 0.2) is 6.04 Å². The SMILES string of the molecule is CC(C)(C)ON(C=C=O)[C@H](Cc1ccc(-c2ccccc2)cc1)C(=O)O. The quantitative estimate of drug-likeness (QED) is 0.607. The number of hydroxylamine groups is 2. The fraction of sp³-hybridized carbons (Fsp3) is 0.286. The molecule has 1 atom stereocenters. The number of carboxylic acid groups (broad SMARTS) is 1. The molecule has 5 nitrogen and oxygen atoms in total. The smallest absolute Gasteiger partial charge is 0.329 e. The van der Waals surface area contributed by atoms with Crippen molar-refractivity contribution in [1.29, 1.82) is 0 Å². The van der Waals surface area contributed by atoms with Crippen molar-refractivity contribution < 1.29 is 19.5 Å². The molecule has 0 bridgehead atoms. The Morgan fingerprint density at radius 3 is 2.19 bits per heavy atom. The van der Waals surface area contributed by atoms with Gasteiger partial charge in [-0.3, -0.25) is 4.84 Å². The van der Waals surface area contributed by atoms with Gasteiger partial charge in [0, 0.05) is 6.42 Å². The summed E-state index contributed by atoms with van der Waals surface area (Å²) in [6.07, 6.45) is 1.18. The third-order valence-electron chi connectivity index (χ3n) is 3.64. The van der Waals surface area contributed by atoms with Crippen LogP contribution < -0.4 is 0 Å². The normalized spacial score (nSPS) is 12.1. The van der Waals surface area contributed by atoms with E-state index in [9.17, 15) is 14.7 Å². The topological polar surface area (TPSA) is 66.8 Å². The third kappa shape index (κ3) is 5.59. The van der Waals surface area contributed by atoms with E-state index in [2.05, 4.69) is 0 Å². The summed E-state index contributed by atoms with van der Waals surface area (Å²) in [5.74, 6) is 0.529. The van der Waals surface area contributed by atoms with Gasteiger partial charge in [-0.1, -0.05) is 54.6 Å². The molecule has 5 heteroatoms.